The molecule has 1 atom stereocenters. The first kappa shape index (κ1) is 15.6. The van der Waals surface area contributed by atoms with Gasteiger partial charge in [0.2, 0.25) is 5.91 Å². The quantitative estimate of drug-likeness (QED) is 0.442. The maximum absolute atomic E-state index is 11.5. The van der Waals surface area contributed by atoms with Crippen LogP contribution in [0.4, 0.5) is 4.79 Å². The molecule has 21 heavy (non-hydrogen) atoms. The van der Waals surface area contributed by atoms with Gasteiger partial charge in [-0.15, -0.1) is 0 Å². The molecule has 2 fully saturated rings. The molecule has 2 rings (SSSR count). The first-order valence-corrected chi connectivity index (χ1v) is 7.53. The zero-order valence-corrected chi connectivity index (χ0v) is 13.1. The van der Waals surface area contributed by atoms with Gasteiger partial charge < -0.3 is 15.5 Å². The Morgan fingerprint density at radius 3 is 2.76 bits per heavy atom. The summed E-state index contributed by atoms with van der Waals surface area (Å²) in [5.41, 5.74) is 0.350. The lowest BCUT2D eigenvalue weighted by molar-refractivity contribution is -0.124. The van der Waals surface area contributed by atoms with Crippen molar-refractivity contribution in [3.8, 4) is 0 Å². The number of nitrogens with one attached hydrogen (secondary N) is 2. The molecule has 2 aliphatic heterocycles. The number of nitrogens with zero attached hydrogens (tertiary/aromatic N) is 3. The summed E-state index contributed by atoms with van der Waals surface area (Å²) in [7, 11) is 1.76. The third-order valence-corrected chi connectivity index (χ3v) is 4.48. The smallest absolute Gasteiger partial charge is 0.324 e. The number of guanidine groups is 1. The van der Waals surface area contributed by atoms with Crippen molar-refractivity contribution in [1.82, 2.24) is 20.4 Å². The number of urea groups is 1. The van der Waals surface area contributed by atoms with E-state index in [-0.39, 0.29) is 18.5 Å². The van der Waals surface area contributed by atoms with Crippen LogP contribution in [-0.2, 0) is 4.79 Å². The number of carbonyl (C=O) groups is 2. The maximum Gasteiger partial charge on any atom is 0.324 e. The van der Waals surface area contributed by atoms with Crippen LogP contribution in [0.25, 0.3) is 0 Å². The summed E-state index contributed by atoms with van der Waals surface area (Å²) < 4.78 is 0. The van der Waals surface area contributed by atoms with E-state index in [1.54, 1.807) is 7.05 Å². The van der Waals surface area contributed by atoms with Crippen molar-refractivity contribution < 1.29 is 9.59 Å². The number of hydrogen-bond donors (Lipinski definition) is 2. The summed E-state index contributed by atoms with van der Waals surface area (Å²) in [4.78, 5) is 30.7. The largest absolute Gasteiger partial charge is 0.354 e. The molecule has 7 heteroatoms. The Balaban J connectivity index is 1.81. The van der Waals surface area contributed by atoms with Gasteiger partial charge in [-0.2, -0.15) is 0 Å². The molecule has 3 amide bonds. The molecule has 0 bridgehead atoms. The fourth-order valence-electron chi connectivity index (χ4n) is 2.79. The lowest BCUT2D eigenvalue weighted by Crippen LogP contribution is -2.45. The van der Waals surface area contributed by atoms with E-state index in [9.17, 15) is 9.59 Å². The van der Waals surface area contributed by atoms with E-state index in [4.69, 9.17) is 0 Å². The summed E-state index contributed by atoms with van der Waals surface area (Å²) in [6, 6.07) is -0.309. The summed E-state index contributed by atoms with van der Waals surface area (Å²) in [6.45, 7) is 7.49. The molecule has 0 spiro atoms. The number of aliphatic imine (C=N–C) groups is 1. The summed E-state index contributed by atoms with van der Waals surface area (Å²) in [6.07, 6.45) is 2.32. The van der Waals surface area contributed by atoms with Crippen molar-refractivity contribution in [2.45, 2.75) is 26.7 Å². The fraction of sp³-hybridized carbons (Fsp3) is 0.786. The Morgan fingerprint density at radius 2 is 2.24 bits per heavy atom. The molecule has 0 aromatic rings. The van der Waals surface area contributed by atoms with Gasteiger partial charge in [0.05, 0.1) is 6.54 Å². The van der Waals surface area contributed by atoms with E-state index in [1.165, 1.54) is 4.90 Å². The molecule has 0 aliphatic carbocycles. The Labute approximate surface area is 125 Å². The minimum Gasteiger partial charge on any atom is -0.354 e. The predicted octanol–water partition coefficient (Wildman–Crippen LogP) is 0.236. The van der Waals surface area contributed by atoms with E-state index >= 15 is 0 Å². The van der Waals surface area contributed by atoms with Gasteiger partial charge in [0.25, 0.3) is 0 Å². The van der Waals surface area contributed by atoms with Gasteiger partial charge in [-0.1, -0.05) is 13.8 Å². The average Bonchev–Trinajstić information content (AvgIpc) is 3.01. The number of carbonyl (C=O) groups excluding carboxylic acids is 2. The zero-order chi connectivity index (χ0) is 15.5. The van der Waals surface area contributed by atoms with Crippen molar-refractivity contribution in [1.29, 1.82) is 0 Å². The van der Waals surface area contributed by atoms with Gasteiger partial charge in [-0.3, -0.25) is 14.7 Å². The zero-order valence-electron chi connectivity index (χ0n) is 13.1. The number of imide groups is 1. The summed E-state index contributed by atoms with van der Waals surface area (Å²) in [5.74, 6) is 0.677. The van der Waals surface area contributed by atoms with Crippen LogP contribution < -0.4 is 10.6 Å². The Kier molecular flexibility index (Phi) is 4.69. The minimum atomic E-state index is -0.309. The molecule has 7 nitrogen and oxygen atoms in total. The number of rotatable bonds is 4. The SMILES string of the molecule is CCC1(C)CCN(C(=NC)NCCN2C(=O)CNC2=O)C1. The van der Waals surface area contributed by atoms with Crippen LogP contribution in [0.5, 0.6) is 0 Å². The van der Waals surface area contributed by atoms with Gasteiger partial charge in [-0.05, 0) is 18.3 Å². The molecule has 0 radical (unpaired) electrons. The Hall–Kier alpha value is -1.79. The first-order valence-electron chi connectivity index (χ1n) is 7.53. The van der Waals surface area contributed by atoms with E-state index in [0.717, 1.165) is 31.9 Å². The molecular weight excluding hydrogens is 270 g/mol. The summed E-state index contributed by atoms with van der Waals surface area (Å²) >= 11 is 0. The van der Waals surface area contributed by atoms with Gasteiger partial charge in [-0.25, -0.2) is 4.79 Å². The van der Waals surface area contributed by atoms with E-state index in [0.29, 0.717) is 18.5 Å². The van der Waals surface area contributed by atoms with E-state index in [2.05, 4.69) is 34.4 Å². The van der Waals surface area contributed by atoms with Gasteiger partial charge >= 0.3 is 6.03 Å². The minimum absolute atomic E-state index is 0.106. The predicted molar refractivity (Wildman–Crippen MR) is 81.1 cm³/mol. The van der Waals surface area contributed by atoms with Gasteiger partial charge in [0, 0.05) is 33.2 Å². The van der Waals surface area contributed by atoms with Crippen molar-refractivity contribution in [3.05, 3.63) is 0 Å². The molecule has 2 aliphatic rings. The Morgan fingerprint density at radius 1 is 1.48 bits per heavy atom. The van der Waals surface area contributed by atoms with E-state index < -0.39 is 0 Å². The summed E-state index contributed by atoms with van der Waals surface area (Å²) in [5, 5.41) is 5.76. The van der Waals surface area contributed by atoms with Gasteiger partial charge in [0.1, 0.15) is 0 Å². The van der Waals surface area contributed by atoms with Crippen LogP contribution in [0, 0.1) is 5.41 Å². The second-order valence-electron chi connectivity index (χ2n) is 6.01. The standard InChI is InChI=1S/C14H25N5O2/c1-4-14(2)5-7-18(10-14)12(15-3)16-6-8-19-11(20)9-17-13(19)21/h4-10H2,1-3H3,(H,15,16)(H,17,21). The number of hydrogen-bond acceptors (Lipinski definition) is 3. The monoisotopic (exact) mass is 295 g/mol. The van der Waals surface area contributed by atoms with Crippen molar-refractivity contribution >= 4 is 17.9 Å². The molecular formula is C14H25N5O2. The molecule has 0 aromatic carbocycles. The average molecular weight is 295 g/mol. The molecule has 118 valence electrons. The second-order valence-corrected chi connectivity index (χ2v) is 6.01. The van der Waals surface area contributed by atoms with Crippen LogP contribution in [0.2, 0.25) is 0 Å². The highest BCUT2D eigenvalue weighted by molar-refractivity contribution is 6.01. The van der Waals surface area contributed by atoms with Crippen LogP contribution >= 0.6 is 0 Å². The molecule has 2 N–H and O–H groups in total. The number of likely N-dealkylation sites (tertiary alicyclic amines) is 1. The lowest BCUT2D eigenvalue weighted by Gasteiger charge is -2.25. The van der Waals surface area contributed by atoms with Gasteiger partial charge in [0.15, 0.2) is 5.96 Å². The van der Waals surface area contributed by atoms with Crippen molar-refractivity contribution in [3.63, 3.8) is 0 Å². The van der Waals surface area contributed by atoms with E-state index in [1.807, 2.05) is 0 Å². The topological polar surface area (TPSA) is 77.0 Å². The molecule has 2 heterocycles. The fourth-order valence-corrected chi connectivity index (χ4v) is 2.79. The van der Waals surface area contributed by atoms with Crippen LogP contribution in [0.15, 0.2) is 4.99 Å². The van der Waals surface area contributed by atoms with Crippen LogP contribution in [-0.4, -0.2) is 67.5 Å². The third kappa shape index (κ3) is 3.46. The highest BCUT2D eigenvalue weighted by atomic mass is 16.2. The second kappa shape index (κ2) is 6.32. The number of amides is 3. The Bertz CT molecular complexity index is 435. The van der Waals surface area contributed by atoms with Crippen molar-refractivity contribution in [2.24, 2.45) is 10.4 Å². The van der Waals surface area contributed by atoms with Crippen LogP contribution in [0.3, 0.4) is 0 Å². The first-order chi connectivity index (χ1) is 9.99. The maximum atomic E-state index is 11.5. The van der Waals surface area contributed by atoms with Crippen LogP contribution in [0.1, 0.15) is 26.7 Å². The highest BCUT2D eigenvalue weighted by Crippen LogP contribution is 2.32. The van der Waals surface area contributed by atoms with Crippen molar-refractivity contribution in [2.75, 3.05) is 39.8 Å². The molecule has 1 unspecified atom stereocenters. The third-order valence-electron chi connectivity index (χ3n) is 4.48. The molecule has 2 saturated heterocycles. The molecule has 0 aromatic heterocycles. The highest BCUT2D eigenvalue weighted by Gasteiger charge is 2.33. The normalized spacial score (nSPS) is 26.5. The molecule has 0 saturated carbocycles. The lowest BCUT2D eigenvalue weighted by atomic mass is 9.87.